The molecule has 0 unspecified atom stereocenters. The van der Waals surface area contributed by atoms with Gasteiger partial charge in [-0.25, -0.2) is 0 Å². The third kappa shape index (κ3) is 2.92. The number of aryl methyl sites for hydroxylation is 1. The van der Waals surface area contributed by atoms with Crippen molar-refractivity contribution in [2.75, 3.05) is 0 Å². The summed E-state index contributed by atoms with van der Waals surface area (Å²) in [5.74, 6) is 0.0948. The van der Waals surface area contributed by atoms with Crippen molar-refractivity contribution in [1.29, 1.82) is 0 Å². The molecule has 0 aliphatic heterocycles. The lowest BCUT2D eigenvalue weighted by Crippen LogP contribution is -2.18. The first kappa shape index (κ1) is 16.3. The molecule has 5 nitrogen and oxygen atoms in total. The number of rotatable bonds is 4. The van der Waals surface area contributed by atoms with Crippen LogP contribution in [0.4, 0.5) is 0 Å². The Morgan fingerprint density at radius 2 is 1.71 bits per heavy atom. The van der Waals surface area contributed by atoms with Gasteiger partial charge in [0.1, 0.15) is 4.90 Å². The minimum Gasteiger partial charge on any atom is -0.378 e. The topological polar surface area (TPSA) is 76.2 Å². The maximum absolute atomic E-state index is 12.6. The van der Waals surface area contributed by atoms with Gasteiger partial charge < -0.3 is 9.17 Å². The van der Waals surface area contributed by atoms with Crippen LogP contribution in [0.25, 0.3) is 10.9 Å². The van der Waals surface area contributed by atoms with Gasteiger partial charge in [-0.15, -0.1) is 0 Å². The van der Waals surface area contributed by atoms with Crippen molar-refractivity contribution in [3.63, 3.8) is 0 Å². The minimum atomic E-state index is -4.02. The van der Waals surface area contributed by atoms with Gasteiger partial charge in [0.15, 0.2) is 5.75 Å². The molecule has 0 aliphatic carbocycles. The maximum atomic E-state index is 12.6. The number of para-hydroxylation sites is 1. The molecule has 2 aromatic carbocycles. The first-order valence-corrected chi connectivity index (χ1v) is 8.98. The van der Waals surface area contributed by atoms with Crippen molar-refractivity contribution < 1.29 is 12.6 Å². The predicted molar refractivity (Wildman–Crippen MR) is 92.9 cm³/mol. The third-order valence-corrected chi connectivity index (χ3v) is 5.06. The summed E-state index contributed by atoms with van der Waals surface area (Å²) in [6.07, 6.45) is 0.360. The molecule has 1 aromatic heterocycles. The van der Waals surface area contributed by atoms with Crippen LogP contribution in [0.2, 0.25) is 0 Å². The summed E-state index contributed by atoms with van der Waals surface area (Å²) in [6.45, 7) is 3.65. The molecule has 0 saturated carbocycles. The van der Waals surface area contributed by atoms with Gasteiger partial charge in [-0.05, 0) is 37.6 Å². The van der Waals surface area contributed by atoms with Gasteiger partial charge in [0.05, 0.1) is 11.1 Å². The molecule has 0 saturated heterocycles. The van der Waals surface area contributed by atoms with E-state index < -0.39 is 10.1 Å². The van der Waals surface area contributed by atoms with E-state index in [1.807, 2.05) is 6.92 Å². The number of aromatic amines is 1. The molecule has 0 amide bonds. The maximum Gasteiger partial charge on any atom is 0.339 e. The Hall–Kier alpha value is -2.60. The summed E-state index contributed by atoms with van der Waals surface area (Å²) in [5.41, 5.74) is 1.45. The van der Waals surface area contributed by atoms with Crippen LogP contribution in [0, 0.1) is 6.92 Å². The predicted octanol–water partition coefficient (Wildman–Crippen LogP) is 3.17. The molecular formula is C18H17NO4S. The number of aromatic nitrogens is 1. The second-order valence-corrected chi connectivity index (χ2v) is 7.06. The number of H-pyrrole nitrogens is 1. The number of hydrogen-bond donors (Lipinski definition) is 1. The van der Waals surface area contributed by atoms with Gasteiger partial charge in [0, 0.05) is 5.39 Å². The summed E-state index contributed by atoms with van der Waals surface area (Å²) >= 11 is 0. The van der Waals surface area contributed by atoms with E-state index in [0.29, 0.717) is 22.9 Å². The fourth-order valence-corrected chi connectivity index (χ4v) is 3.51. The van der Waals surface area contributed by atoms with Crippen LogP contribution in [0.5, 0.6) is 5.75 Å². The van der Waals surface area contributed by atoms with Crippen molar-refractivity contribution in [1.82, 2.24) is 4.98 Å². The highest BCUT2D eigenvalue weighted by atomic mass is 32.2. The molecule has 0 bridgehead atoms. The smallest absolute Gasteiger partial charge is 0.339 e. The fraction of sp³-hybridized carbons (Fsp3) is 0.167. The summed E-state index contributed by atoms with van der Waals surface area (Å²) in [7, 11) is -4.02. The van der Waals surface area contributed by atoms with E-state index >= 15 is 0 Å². The number of benzene rings is 2. The normalized spacial score (nSPS) is 11.6. The highest BCUT2D eigenvalue weighted by Crippen LogP contribution is 2.29. The van der Waals surface area contributed by atoms with Crippen LogP contribution < -0.4 is 9.74 Å². The average molecular weight is 343 g/mol. The van der Waals surface area contributed by atoms with E-state index in [1.165, 1.54) is 12.1 Å². The lowest BCUT2D eigenvalue weighted by atomic mass is 10.1. The summed E-state index contributed by atoms with van der Waals surface area (Å²) in [6, 6.07) is 13.4. The Balaban J connectivity index is 2.19. The molecule has 1 N–H and O–H groups in total. The van der Waals surface area contributed by atoms with Crippen LogP contribution in [0.3, 0.4) is 0 Å². The Labute approximate surface area is 140 Å². The van der Waals surface area contributed by atoms with Crippen LogP contribution in [0.15, 0.2) is 58.2 Å². The largest absolute Gasteiger partial charge is 0.378 e. The van der Waals surface area contributed by atoms with E-state index in [4.69, 9.17) is 4.18 Å². The lowest BCUT2D eigenvalue weighted by molar-refractivity contribution is 0.485. The van der Waals surface area contributed by atoms with Crippen molar-refractivity contribution in [2.45, 2.75) is 25.2 Å². The molecule has 0 radical (unpaired) electrons. The van der Waals surface area contributed by atoms with Gasteiger partial charge in [0.2, 0.25) is 0 Å². The third-order valence-electron chi connectivity index (χ3n) is 3.82. The highest BCUT2D eigenvalue weighted by Gasteiger charge is 2.21. The average Bonchev–Trinajstić information content (AvgIpc) is 2.55. The lowest BCUT2D eigenvalue weighted by Gasteiger charge is -2.13. The van der Waals surface area contributed by atoms with E-state index in [9.17, 15) is 13.2 Å². The SMILES string of the molecule is CCc1c(OS(=O)(=O)c2ccc(C)cc2)c2ccccc2[nH]c1=O. The van der Waals surface area contributed by atoms with Crippen molar-refractivity contribution >= 4 is 21.0 Å². The van der Waals surface area contributed by atoms with Crippen molar-refractivity contribution in [3.8, 4) is 5.75 Å². The molecule has 0 atom stereocenters. The molecule has 3 rings (SSSR count). The summed E-state index contributed by atoms with van der Waals surface area (Å²) in [5, 5.41) is 0.560. The molecule has 1 heterocycles. The second-order valence-electron chi connectivity index (χ2n) is 5.51. The molecule has 24 heavy (non-hydrogen) atoms. The monoisotopic (exact) mass is 343 g/mol. The van der Waals surface area contributed by atoms with Crippen LogP contribution in [0.1, 0.15) is 18.1 Å². The van der Waals surface area contributed by atoms with Crippen molar-refractivity contribution in [3.05, 3.63) is 70.0 Å². The van der Waals surface area contributed by atoms with Gasteiger partial charge in [0.25, 0.3) is 5.56 Å². The Kier molecular flexibility index (Phi) is 4.15. The summed E-state index contributed by atoms with van der Waals surface area (Å²) < 4.78 is 30.6. The van der Waals surface area contributed by atoms with Gasteiger partial charge in [-0.3, -0.25) is 4.79 Å². The van der Waals surface area contributed by atoms with E-state index in [0.717, 1.165) is 5.56 Å². The molecular weight excluding hydrogens is 326 g/mol. The zero-order valence-electron chi connectivity index (χ0n) is 13.4. The summed E-state index contributed by atoms with van der Waals surface area (Å²) in [4.78, 5) is 15.0. The standard InChI is InChI=1S/C18H17NO4S/c1-3-14-17(15-6-4-5-7-16(15)19-18(14)20)23-24(21,22)13-10-8-12(2)9-11-13/h4-11H,3H2,1-2H3,(H,19,20). The first-order valence-electron chi connectivity index (χ1n) is 7.57. The van der Waals surface area contributed by atoms with Crippen LogP contribution in [-0.2, 0) is 16.5 Å². The quantitative estimate of drug-likeness (QED) is 0.738. The molecule has 0 aliphatic rings. The van der Waals surface area contributed by atoms with Crippen molar-refractivity contribution in [2.24, 2.45) is 0 Å². The van der Waals surface area contributed by atoms with E-state index in [-0.39, 0.29) is 16.2 Å². The molecule has 0 spiro atoms. The fourth-order valence-electron chi connectivity index (χ4n) is 2.53. The van der Waals surface area contributed by atoms with E-state index in [2.05, 4.69) is 4.98 Å². The second kappa shape index (κ2) is 6.13. The molecule has 6 heteroatoms. The van der Waals surface area contributed by atoms with Crippen LogP contribution in [-0.4, -0.2) is 13.4 Å². The Morgan fingerprint density at radius 3 is 2.38 bits per heavy atom. The molecule has 124 valence electrons. The number of fused-ring (bicyclic) bond motifs is 1. The van der Waals surface area contributed by atoms with Gasteiger partial charge in [-0.2, -0.15) is 8.42 Å². The van der Waals surface area contributed by atoms with Crippen LogP contribution >= 0.6 is 0 Å². The minimum absolute atomic E-state index is 0.0551. The number of hydrogen-bond acceptors (Lipinski definition) is 4. The first-order chi connectivity index (χ1) is 11.4. The number of pyridine rings is 1. The molecule has 0 fully saturated rings. The Morgan fingerprint density at radius 1 is 1.04 bits per heavy atom. The van der Waals surface area contributed by atoms with Gasteiger partial charge in [-0.1, -0.05) is 36.8 Å². The van der Waals surface area contributed by atoms with Gasteiger partial charge >= 0.3 is 10.1 Å². The molecule has 3 aromatic rings. The Bertz CT molecular complexity index is 1050. The number of nitrogens with one attached hydrogen (secondary N) is 1. The zero-order chi connectivity index (χ0) is 17.3. The zero-order valence-corrected chi connectivity index (χ0v) is 14.2. The van der Waals surface area contributed by atoms with E-state index in [1.54, 1.807) is 43.3 Å². The highest BCUT2D eigenvalue weighted by molar-refractivity contribution is 7.87.